The molecule has 1 aliphatic carbocycles. The van der Waals surface area contributed by atoms with Gasteiger partial charge in [0, 0.05) is 18.3 Å². The van der Waals surface area contributed by atoms with Crippen molar-refractivity contribution in [2.75, 3.05) is 0 Å². The molecule has 132 valence electrons. The van der Waals surface area contributed by atoms with Gasteiger partial charge in [0.15, 0.2) is 0 Å². The summed E-state index contributed by atoms with van der Waals surface area (Å²) in [4.78, 5) is 10.7. The summed E-state index contributed by atoms with van der Waals surface area (Å²) in [6.45, 7) is 4.29. The van der Waals surface area contributed by atoms with Gasteiger partial charge in [0.2, 0.25) is 0 Å². The molecule has 2 aromatic carbocycles. The van der Waals surface area contributed by atoms with Gasteiger partial charge in [-0.3, -0.25) is 0 Å². The van der Waals surface area contributed by atoms with E-state index in [1.54, 1.807) is 12.1 Å². The number of ether oxygens (including phenoxy) is 2. The Hall–Kier alpha value is -2.69. The predicted molar refractivity (Wildman–Crippen MR) is 94.8 cm³/mol. The van der Waals surface area contributed by atoms with Crippen molar-refractivity contribution >= 4 is 6.09 Å². The van der Waals surface area contributed by atoms with Gasteiger partial charge in [-0.05, 0) is 35.4 Å². The first-order valence-corrected chi connectivity index (χ1v) is 8.37. The van der Waals surface area contributed by atoms with E-state index in [0.29, 0.717) is 12.8 Å². The maximum Gasteiger partial charge on any atom is 0.404 e. The Morgan fingerprint density at radius 1 is 1.00 bits per heavy atom. The average Bonchev–Trinajstić information content (AvgIpc) is 2.53. The van der Waals surface area contributed by atoms with Crippen molar-refractivity contribution in [1.82, 2.24) is 0 Å². The van der Waals surface area contributed by atoms with E-state index in [9.17, 15) is 9.90 Å². The third-order valence-electron chi connectivity index (χ3n) is 4.80. The molecule has 0 aromatic heterocycles. The smallest absolute Gasteiger partial charge is 0.404 e. The van der Waals surface area contributed by atoms with E-state index in [-0.39, 0.29) is 23.4 Å². The third kappa shape index (κ3) is 3.87. The predicted octanol–water partition coefficient (Wildman–Crippen LogP) is 3.72. The van der Waals surface area contributed by atoms with Crippen LogP contribution >= 0.6 is 0 Å². The summed E-state index contributed by atoms with van der Waals surface area (Å²) in [7, 11) is 0. The lowest BCUT2D eigenvalue weighted by atomic mass is 9.78. The number of nitrogens with two attached hydrogens (primary N) is 1. The summed E-state index contributed by atoms with van der Waals surface area (Å²) in [5.41, 5.74) is 7.11. The number of rotatable bonds is 5. The zero-order chi connectivity index (χ0) is 18.0. The normalized spacial score (nSPS) is 19.8. The van der Waals surface area contributed by atoms with Crippen molar-refractivity contribution in [2.24, 2.45) is 5.73 Å². The van der Waals surface area contributed by atoms with Crippen LogP contribution in [0.15, 0.2) is 48.5 Å². The van der Waals surface area contributed by atoms with Crippen LogP contribution in [0.3, 0.4) is 0 Å². The van der Waals surface area contributed by atoms with Crippen LogP contribution in [-0.2, 0) is 10.2 Å². The molecule has 1 saturated carbocycles. The van der Waals surface area contributed by atoms with E-state index in [2.05, 4.69) is 26.0 Å². The Labute approximate surface area is 147 Å². The van der Waals surface area contributed by atoms with Gasteiger partial charge in [-0.1, -0.05) is 38.1 Å². The molecule has 0 saturated heterocycles. The minimum absolute atomic E-state index is 0.0558. The number of hydrogen-bond acceptors (Lipinski definition) is 4. The monoisotopic (exact) mass is 341 g/mol. The maximum atomic E-state index is 10.7. The second kappa shape index (κ2) is 6.67. The zero-order valence-electron chi connectivity index (χ0n) is 14.4. The Morgan fingerprint density at radius 3 is 2.04 bits per heavy atom. The topological polar surface area (TPSA) is 81.8 Å². The highest BCUT2D eigenvalue weighted by atomic mass is 16.6. The third-order valence-corrected chi connectivity index (χ3v) is 4.80. The average molecular weight is 341 g/mol. The first-order valence-electron chi connectivity index (χ1n) is 8.37. The SMILES string of the molecule is CC(C)(c1ccc(O)cc1)c1ccc(O[C@H]2C[C@H](OC(N)=O)C2)cc1. The minimum Gasteiger partial charge on any atom is -0.508 e. The van der Waals surface area contributed by atoms with Crippen molar-refractivity contribution in [2.45, 2.75) is 44.3 Å². The number of carbonyl (C=O) groups excluding carboxylic acids is 1. The molecule has 0 radical (unpaired) electrons. The number of aromatic hydroxyl groups is 1. The molecule has 0 heterocycles. The molecule has 25 heavy (non-hydrogen) atoms. The Kier molecular flexibility index (Phi) is 4.57. The second-order valence-corrected chi connectivity index (χ2v) is 6.97. The van der Waals surface area contributed by atoms with E-state index in [1.807, 2.05) is 24.3 Å². The number of phenolic OH excluding ortho intramolecular Hbond substituents is 1. The van der Waals surface area contributed by atoms with Crippen molar-refractivity contribution in [1.29, 1.82) is 0 Å². The van der Waals surface area contributed by atoms with Crippen LogP contribution in [0.25, 0.3) is 0 Å². The maximum absolute atomic E-state index is 10.7. The molecule has 0 aliphatic heterocycles. The van der Waals surface area contributed by atoms with Crippen molar-refractivity contribution in [3.63, 3.8) is 0 Å². The first-order chi connectivity index (χ1) is 11.8. The Bertz CT molecular complexity index is 731. The summed E-state index contributed by atoms with van der Waals surface area (Å²) in [6, 6.07) is 15.3. The lowest BCUT2D eigenvalue weighted by molar-refractivity contribution is -0.0197. The zero-order valence-corrected chi connectivity index (χ0v) is 14.4. The Morgan fingerprint density at radius 2 is 1.52 bits per heavy atom. The lowest BCUT2D eigenvalue weighted by Crippen LogP contribution is -2.41. The van der Waals surface area contributed by atoms with E-state index in [0.717, 1.165) is 16.9 Å². The minimum atomic E-state index is -0.732. The van der Waals surface area contributed by atoms with Crippen LogP contribution < -0.4 is 10.5 Å². The van der Waals surface area contributed by atoms with Gasteiger partial charge in [-0.15, -0.1) is 0 Å². The number of amides is 1. The molecule has 5 nitrogen and oxygen atoms in total. The van der Waals surface area contributed by atoms with E-state index in [4.69, 9.17) is 15.2 Å². The van der Waals surface area contributed by atoms with Crippen molar-refractivity contribution in [3.05, 3.63) is 59.7 Å². The van der Waals surface area contributed by atoms with Gasteiger partial charge in [0.05, 0.1) is 0 Å². The number of hydrogen-bond donors (Lipinski definition) is 2. The van der Waals surface area contributed by atoms with Crippen LogP contribution in [0.5, 0.6) is 11.5 Å². The number of primary amides is 1. The molecule has 1 fully saturated rings. The summed E-state index contributed by atoms with van der Waals surface area (Å²) < 4.78 is 10.8. The fourth-order valence-corrected chi connectivity index (χ4v) is 3.06. The van der Waals surface area contributed by atoms with Crippen LogP contribution in [0, 0.1) is 0 Å². The van der Waals surface area contributed by atoms with Gasteiger partial charge in [0.25, 0.3) is 0 Å². The molecule has 0 unspecified atom stereocenters. The number of carbonyl (C=O) groups is 1. The standard InChI is InChI=1S/C20H23NO4/c1-20(2,13-3-7-15(22)8-4-13)14-5-9-16(10-6-14)24-17-11-18(12-17)25-19(21)23/h3-10,17-18,22H,11-12H2,1-2H3,(H2,21,23)/t17-,18-. The highest BCUT2D eigenvalue weighted by Gasteiger charge is 2.33. The summed E-state index contributed by atoms with van der Waals surface area (Å²) in [5.74, 6) is 1.06. The largest absolute Gasteiger partial charge is 0.508 e. The molecule has 3 rings (SSSR count). The van der Waals surface area contributed by atoms with Gasteiger partial charge >= 0.3 is 6.09 Å². The van der Waals surface area contributed by atoms with E-state index < -0.39 is 6.09 Å². The molecular formula is C20H23NO4. The van der Waals surface area contributed by atoms with Gasteiger partial charge in [0.1, 0.15) is 23.7 Å². The van der Waals surface area contributed by atoms with Crippen LogP contribution in [0.2, 0.25) is 0 Å². The highest BCUT2D eigenvalue weighted by molar-refractivity contribution is 5.64. The summed E-state index contributed by atoms with van der Waals surface area (Å²) in [5, 5.41) is 9.46. The quantitative estimate of drug-likeness (QED) is 0.868. The van der Waals surface area contributed by atoms with Crippen LogP contribution in [0.1, 0.15) is 37.8 Å². The van der Waals surface area contributed by atoms with Crippen LogP contribution in [0.4, 0.5) is 4.79 Å². The van der Waals surface area contributed by atoms with Gasteiger partial charge in [-0.25, -0.2) is 4.79 Å². The molecule has 1 amide bonds. The van der Waals surface area contributed by atoms with Gasteiger partial charge < -0.3 is 20.3 Å². The molecule has 3 N–H and O–H groups in total. The fraction of sp³-hybridized carbons (Fsp3) is 0.350. The summed E-state index contributed by atoms with van der Waals surface area (Å²) in [6.07, 6.45) is 0.535. The number of phenols is 1. The molecule has 1 aliphatic rings. The molecule has 5 heteroatoms. The van der Waals surface area contributed by atoms with Gasteiger partial charge in [-0.2, -0.15) is 0 Å². The first kappa shape index (κ1) is 17.1. The van der Waals surface area contributed by atoms with E-state index >= 15 is 0 Å². The van der Waals surface area contributed by atoms with Crippen LogP contribution in [-0.4, -0.2) is 23.4 Å². The van der Waals surface area contributed by atoms with Crippen molar-refractivity contribution in [3.8, 4) is 11.5 Å². The fourth-order valence-electron chi connectivity index (χ4n) is 3.06. The lowest BCUT2D eigenvalue weighted by Gasteiger charge is -2.34. The Balaban J connectivity index is 1.62. The molecule has 0 atom stereocenters. The number of benzene rings is 2. The molecule has 0 bridgehead atoms. The summed E-state index contributed by atoms with van der Waals surface area (Å²) >= 11 is 0. The molecule has 2 aromatic rings. The highest BCUT2D eigenvalue weighted by Crippen LogP contribution is 2.34. The van der Waals surface area contributed by atoms with E-state index in [1.165, 1.54) is 0 Å². The van der Waals surface area contributed by atoms with Crippen molar-refractivity contribution < 1.29 is 19.4 Å². The second-order valence-electron chi connectivity index (χ2n) is 6.97. The molecule has 0 spiro atoms. The molecular weight excluding hydrogens is 318 g/mol.